The number of rotatable bonds is 7. The SMILES string of the molecule is CCN(C(=O)COc1cc(OC)ccc1C(N)=O)c1cccc2ccccc12. The van der Waals surface area contributed by atoms with Crippen LogP contribution in [0.5, 0.6) is 11.5 Å². The van der Waals surface area contributed by atoms with Crippen molar-refractivity contribution in [2.24, 2.45) is 5.73 Å². The van der Waals surface area contributed by atoms with Gasteiger partial charge >= 0.3 is 0 Å². The monoisotopic (exact) mass is 378 g/mol. The highest BCUT2D eigenvalue weighted by molar-refractivity contribution is 6.04. The van der Waals surface area contributed by atoms with Gasteiger partial charge in [0.2, 0.25) is 0 Å². The predicted molar refractivity (Wildman–Crippen MR) is 109 cm³/mol. The quantitative estimate of drug-likeness (QED) is 0.683. The van der Waals surface area contributed by atoms with E-state index in [1.165, 1.54) is 13.2 Å². The molecule has 3 aromatic rings. The zero-order valence-electron chi connectivity index (χ0n) is 15.8. The van der Waals surface area contributed by atoms with E-state index in [1.54, 1.807) is 17.0 Å². The number of carbonyl (C=O) groups is 2. The van der Waals surface area contributed by atoms with Crippen molar-refractivity contribution >= 4 is 28.3 Å². The molecule has 0 atom stereocenters. The fourth-order valence-corrected chi connectivity index (χ4v) is 3.09. The number of amides is 2. The van der Waals surface area contributed by atoms with Gasteiger partial charge in [-0.1, -0.05) is 36.4 Å². The Morgan fingerprint density at radius 3 is 2.50 bits per heavy atom. The molecule has 2 N–H and O–H groups in total. The number of benzene rings is 3. The molecule has 0 radical (unpaired) electrons. The number of hydrogen-bond acceptors (Lipinski definition) is 4. The number of nitrogens with zero attached hydrogens (tertiary/aromatic N) is 1. The molecule has 0 spiro atoms. The maximum atomic E-state index is 12.9. The van der Waals surface area contributed by atoms with E-state index in [0.717, 1.165) is 16.5 Å². The maximum Gasteiger partial charge on any atom is 0.264 e. The van der Waals surface area contributed by atoms with E-state index in [-0.39, 0.29) is 23.8 Å². The van der Waals surface area contributed by atoms with Crippen molar-refractivity contribution < 1.29 is 19.1 Å². The summed E-state index contributed by atoms with van der Waals surface area (Å²) >= 11 is 0. The minimum absolute atomic E-state index is 0.196. The van der Waals surface area contributed by atoms with Crippen molar-refractivity contribution in [1.29, 1.82) is 0 Å². The molecule has 0 saturated carbocycles. The molecule has 0 saturated heterocycles. The van der Waals surface area contributed by atoms with E-state index in [4.69, 9.17) is 15.2 Å². The lowest BCUT2D eigenvalue weighted by atomic mass is 10.1. The Labute approximate surface area is 163 Å². The van der Waals surface area contributed by atoms with Crippen LogP contribution in [0.4, 0.5) is 5.69 Å². The molecule has 0 fully saturated rings. The van der Waals surface area contributed by atoms with Crippen LogP contribution in [-0.2, 0) is 4.79 Å². The molecule has 6 nitrogen and oxygen atoms in total. The summed E-state index contributed by atoms with van der Waals surface area (Å²) in [5, 5.41) is 2.04. The molecule has 2 amide bonds. The van der Waals surface area contributed by atoms with Crippen LogP contribution in [0.25, 0.3) is 10.8 Å². The van der Waals surface area contributed by atoms with Gasteiger partial charge in [-0.25, -0.2) is 0 Å². The molecule has 6 heteroatoms. The first-order valence-electron chi connectivity index (χ1n) is 8.94. The van der Waals surface area contributed by atoms with E-state index in [0.29, 0.717) is 12.3 Å². The number of primary amides is 1. The largest absolute Gasteiger partial charge is 0.497 e. The van der Waals surface area contributed by atoms with Crippen molar-refractivity contribution in [2.75, 3.05) is 25.2 Å². The minimum atomic E-state index is -0.633. The zero-order chi connectivity index (χ0) is 20.1. The molecular weight excluding hydrogens is 356 g/mol. The third-order valence-electron chi connectivity index (χ3n) is 4.48. The molecule has 144 valence electrons. The molecule has 0 unspecified atom stereocenters. The lowest BCUT2D eigenvalue weighted by molar-refractivity contribution is -0.120. The number of hydrogen-bond donors (Lipinski definition) is 1. The first-order valence-corrected chi connectivity index (χ1v) is 8.94. The molecule has 0 aliphatic heterocycles. The topological polar surface area (TPSA) is 81.9 Å². The second kappa shape index (κ2) is 8.43. The zero-order valence-corrected chi connectivity index (χ0v) is 15.8. The summed E-state index contributed by atoms with van der Waals surface area (Å²) in [6.07, 6.45) is 0. The van der Waals surface area contributed by atoms with E-state index in [2.05, 4.69) is 0 Å². The van der Waals surface area contributed by atoms with Crippen molar-refractivity contribution in [1.82, 2.24) is 0 Å². The summed E-state index contributed by atoms with van der Waals surface area (Å²) in [6, 6.07) is 18.4. The lowest BCUT2D eigenvalue weighted by Crippen LogP contribution is -2.35. The summed E-state index contributed by atoms with van der Waals surface area (Å²) in [4.78, 5) is 26.2. The Balaban J connectivity index is 1.85. The summed E-state index contributed by atoms with van der Waals surface area (Å²) < 4.78 is 10.8. The van der Waals surface area contributed by atoms with Crippen LogP contribution < -0.4 is 20.1 Å². The smallest absolute Gasteiger partial charge is 0.264 e. The Morgan fingerprint density at radius 2 is 1.79 bits per heavy atom. The van der Waals surface area contributed by atoms with Crippen molar-refractivity contribution in [3.63, 3.8) is 0 Å². The van der Waals surface area contributed by atoms with Gasteiger partial charge in [0.15, 0.2) is 6.61 Å². The molecule has 0 aliphatic carbocycles. The van der Waals surface area contributed by atoms with Crippen LogP contribution >= 0.6 is 0 Å². The summed E-state index contributed by atoms with van der Waals surface area (Å²) in [5.74, 6) is -0.133. The summed E-state index contributed by atoms with van der Waals surface area (Å²) in [6.45, 7) is 2.15. The second-order valence-electron chi connectivity index (χ2n) is 6.15. The first-order chi connectivity index (χ1) is 13.5. The molecule has 0 bridgehead atoms. The van der Waals surface area contributed by atoms with Gasteiger partial charge in [-0.05, 0) is 30.5 Å². The number of nitrogens with two attached hydrogens (primary N) is 1. The van der Waals surface area contributed by atoms with Gasteiger partial charge in [-0.3, -0.25) is 9.59 Å². The van der Waals surface area contributed by atoms with Gasteiger partial charge in [0, 0.05) is 18.0 Å². The van der Waals surface area contributed by atoms with Gasteiger partial charge in [0.25, 0.3) is 11.8 Å². The molecule has 3 rings (SSSR count). The highest BCUT2D eigenvalue weighted by Crippen LogP contribution is 2.28. The van der Waals surface area contributed by atoms with Crippen LogP contribution in [0.2, 0.25) is 0 Å². The highest BCUT2D eigenvalue weighted by atomic mass is 16.5. The average molecular weight is 378 g/mol. The normalized spacial score (nSPS) is 10.5. The third kappa shape index (κ3) is 3.91. The number of fused-ring (bicyclic) bond motifs is 1. The summed E-state index contributed by atoms with van der Waals surface area (Å²) in [7, 11) is 1.51. The van der Waals surface area contributed by atoms with E-state index < -0.39 is 5.91 Å². The van der Waals surface area contributed by atoms with Crippen LogP contribution in [0, 0.1) is 0 Å². The molecule has 0 aliphatic rings. The van der Waals surface area contributed by atoms with Crippen molar-refractivity contribution in [3.05, 3.63) is 66.2 Å². The van der Waals surface area contributed by atoms with Crippen LogP contribution in [0.1, 0.15) is 17.3 Å². The lowest BCUT2D eigenvalue weighted by Gasteiger charge is -2.23. The second-order valence-corrected chi connectivity index (χ2v) is 6.15. The Hall–Kier alpha value is -3.54. The predicted octanol–water partition coefficient (Wildman–Crippen LogP) is 3.38. The average Bonchev–Trinajstić information content (AvgIpc) is 2.72. The number of carbonyl (C=O) groups excluding carboxylic acids is 2. The molecule has 3 aromatic carbocycles. The minimum Gasteiger partial charge on any atom is -0.497 e. The standard InChI is InChI=1S/C22H22N2O4/c1-3-24(19-10-6-8-15-7-4-5-9-17(15)19)21(25)14-28-20-13-16(27-2)11-12-18(20)22(23)26/h4-13H,3,14H2,1-2H3,(H2,23,26). The number of anilines is 1. The fraction of sp³-hybridized carbons (Fsp3) is 0.182. The molecule has 28 heavy (non-hydrogen) atoms. The van der Waals surface area contributed by atoms with Crippen molar-refractivity contribution in [3.8, 4) is 11.5 Å². The van der Waals surface area contributed by atoms with Gasteiger partial charge in [-0.15, -0.1) is 0 Å². The first kappa shape index (κ1) is 19.2. The van der Waals surface area contributed by atoms with Crippen LogP contribution in [0.3, 0.4) is 0 Å². The molecule has 0 aromatic heterocycles. The maximum absolute atomic E-state index is 12.9. The van der Waals surface area contributed by atoms with Crippen LogP contribution in [0.15, 0.2) is 60.7 Å². The highest BCUT2D eigenvalue weighted by Gasteiger charge is 2.18. The van der Waals surface area contributed by atoms with Gasteiger partial charge < -0.3 is 20.1 Å². The van der Waals surface area contributed by atoms with Gasteiger partial charge in [-0.2, -0.15) is 0 Å². The van der Waals surface area contributed by atoms with E-state index in [9.17, 15) is 9.59 Å². The van der Waals surface area contributed by atoms with E-state index in [1.807, 2.05) is 49.4 Å². The Morgan fingerprint density at radius 1 is 1.04 bits per heavy atom. The summed E-state index contributed by atoms with van der Waals surface area (Å²) in [5.41, 5.74) is 6.41. The number of methoxy groups -OCH3 is 1. The molecular formula is C22H22N2O4. The number of likely N-dealkylation sites (N-methyl/N-ethyl adjacent to an activating group) is 1. The third-order valence-corrected chi connectivity index (χ3v) is 4.48. The Bertz CT molecular complexity index is 1010. The number of ether oxygens (including phenoxy) is 2. The molecule has 0 heterocycles. The van der Waals surface area contributed by atoms with Crippen molar-refractivity contribution in [2.45, 2.75) is 6.92 Å². The van der Waals surface area contributed by atoms with Crippen LogP contribution in [-0.4, -0.2) is 32.1 Å². The fourth-order valence-electron chi connectivity index (χ4n) is 3.09. The van der Waals surface area contributed by atoms with Gasteiger partial charge in [0.1, 0.15) is 11.5 Å². The van der Waals surface area contributed by atoms with Gasteiger partial charge in [0.05, 0.1) is 18.4 Å². The Kier molecular flexibility index (Phi) is 5.79. The van der Waals surface area contributed by atoms with E-state index >= 15 is 0 Å².